The Morgan fingerprint density at radius 1 is 1.32 bits per heavy atom. The van der Waals surface area contributed by atoms with Gasteiger partial charge in [-0.15, -0.1) is 11.3 Å². The summed E-state index contributed by atoms with van der Waals surface area (Å²) in [6.45, 7) is 0. The van der Waals surface area contributed by atoms with E-state index in [9.17, 15) is 14.0 Å². The number of nitrogens with two attached hydrogens (primary N) is 1. The molecule has 0 aliphatic heterocycles. The number of hydrogen-bond acceptors (Lipinski definition) is 4. The molecule has 0 saturated carbocycles. The van der Waals surface area contributed by atoms with Crippen LogP contribution in [0.25, 0.3) is 0 Å². The summed E-state index contributed by atoms with van der Waals surface area (Å²) in [7, 11) is 0. The molecule has 1 heterocycles. The molecule has 0 bridgehead atoms. The van der Waals surface area contributed by atoms with E-state index in [-0.39, 0.29) is 5.69 Å². The van der Waals surface area contributed by atoms with Gasteiger partial charge in [0, 0.05) is 5.38 Å². The summed E-state index contributed by atoms with van der Waals surface area (Å²) in [5, 5.41) is 4.02. The lowest BCUT2D eigenvalue weighted by molar-refractivity contribution is -0.120. The summed E-state index contributed by atoms with van der Waals surface area (Å²) >= 11 is 1.26. The van der Waals surface area contributed by atoms with Crippen molar-refractivity contribution in [3.8, 4) is 0 Å². The van der Waals surface area contributed by atoms with E-state index in [0.29, 0.717) is 5.56 Å². The van der Waals surface area contributed by atoms with Gasteiger partial charge in [0.15, 0.2) is 0 Å². The Balaban J connectivity index is 2.19. The molecule has 3 N–H and O–H groups in total. The van der Waals surface area contributed by atoms with Crippen LogP contribution in [0.5, 0.6) is 0 Å². The molecular formula is C12H10FN3O2S. The highest BCUT2D eigenvalue weighted by atomic mass is 32.1. The molecule has 0 fully saturated rings. The van der Waals surface area contributed by atoms with Crippen LogP contribution in [0.4, 0.5) is 4.39 Å². The molecule has 19 heavy (non-hydrogen) atoms. The summed E-state index contributed by atoms with van der Waals surface area (Å²) in [5.41, 5.74) is 7.37. The van der Waals surface area contributed by atoms with Gasteiger partial charge < -0.3 is 11.1 Å². The number of halogens is 1. The van der Waals surface area contributed by atoms with E-state index in [2.05, 4.69) is 10.3 Å². The Labute approximate surface area is 112 Å². The van der Waals surface area contributed by atoms with Gasteiger partial charge in [0.05, 0.1) is 5.51 Å². The molecule has 0 aliphatic carbocycles. The lowest BCUT2D eigenvalue weighted by Crippen LogP contribution is -2.37. The van der Waals surface area contributed by atoms with Crippen LogP contribution >= 0.6 is 11.3 Å². The summed E-state index contributed by atoms with van der Waals surface area (Å²) in [5.74, 6) is -1.66. The third-order valence-corrected chi connectivity index (χ3v) is 3.01. The Morgan fingerprint density at radius 3 is 2.53 bits per heavy atom. The maximum Gasteiger partial charge on any atom is 0.271 e. The SMILES string of the molecule is NC(=O)C(NC(=O)c1cscn1)c1ccc(F)cc1. The summed E-state index contributed by atoms with van der Waals surface area (Å²) in [6, 6.07) is 4.16. The van der Waals surface area contributed by atoms with Crippen LogP contribution in [0.2, 0.25) is 0 Å². The number of nitrogens with zero attached hydrogens (tertiary/aromatic N) is 1. The van der Waals surface area contributed by atoms with Crippen molar-refractivity contribution in [1.29, 1.82) is 0 Å². The van der Waals surface area contributed by atoms with Crippen molar-refractivity contribution < 1.29 is 14.0 Å². The molecule has 98 valence electrons. The molecule has 5 nitrogen and oxygen atoms in total. The van der Waals surface area contributed by atoms with Crippen molar-refractivity contribution in [2.24, 2.45) is 5.73 Å². The van der Waals surface area contributed by atoms with E-state index in [1.807, 2.05) is 0 Å². The number of aromatic nitrogens is 1. The van der Waals surface area contributed by atoms with Gasteiger partial charge in [-0.3, -0.25) is 9.59 Å². The van der Waals surface area contributed by atoms with Crippen molar-refractivity contribution >= 4 is 23.2 Å². The minimum absolute atomic E-state index is 0.207. The first-order chi connectivity index (χ1) is 9.08. The van der Waals surface area contributed by atoms with Gasteiger partial charge >= 0.3 is 0 Å². The van der Waals surface area contributed by atoms with Crippen LogP contribution in [-0.2, 0) is 4.79 Å². The van der Waals surface area contributed by atoms with Gasteiger partial charge in [-0.1, -0.05) is 12.1 Å². The predicted molar refractivity (Wildman–Crippen MR) is 67.9 cm³/mol. The predicted octanol–water partition coefficient (Wildman–Crippen LogP) is 1.24. The molecule has 1 unspecified atom stereocenters. The second-order valence-corrected chi connectivity index (χ2v) is 4.45. The van der Waals surface area contributed by atoms with E-state index in [1.165, 1.54) is 41.1 Å². The maximum atomic E-state index is 12.8. The quantitative estimate of drug-likeness (QED) is 0.883. The molecule has 1 aromatic heterocycles. The molecule has 0 aliphatic rings. The average Bonchev–Trinajstić information content (AvgIpc) is 2.90. The van der Waals surface area contributed by atoms with Crippen LogP contribution < -0.4 is 11.1 Å². The normalized spacial score (nSPS) is 11.8. The minimum Gasteiger partial charge on any atom is -0.368 e. The van der Waals surface area contributed by atoms with Gasteiger partial charge in [-0.2, -0.15) is 0 Å². The third kappa shape index (κ3) is 3.14. The maximum absolute atomic E-state index is 12.8. The zero-order valence-electron chi connectivity index (χ0n) is 9.67. The zero-order valence-corrected chi connectivity index (χ0v) is 10.5. The van der Waals surface area contributed by atoms with Crippen LogP contribution in [0.3, 0.4) is 0 Å². The van der Waals surface area contributed by atoms with Crippen molar-refractivity contribution in [1.82, 2.24) is 10.3 Å². The molecule has 2 aromatic rings. The highest BCUT2D eigenvalue weighted by Gasteiger charge is 2.21. The Bertz CT molecular complexity index is 584. The van der Waals surface area contributed by atoms with E-state index in [0.717, 1.165) is 0 Å². The lowest BCUT2D eigenvalue weighted by atomic mass is 10.1. The van der Waals surface area contributed by atoms with Crippen LogP contribution in [0.15, 0.2) is 35.2 Å². The number of carbonyl (C=O) groups is 2. The molecular weight excluding hydrogens is 269 g/mol. The third-order valence-electron chi connectivity index (χ3n) is 2.43. The number of hydrogen-bond donors (Lipinski definition) is 2. The second kappa shape index (κ2) is 5.57. The number of carbonyl (C=O) groups excluding carboxylic acids is 2. The fourth-order valence-electron chi connectivity index (χ4n) is 1.50. The van der Waals surface area contributed by atoms with E-state index < -0.39 is 23.7 Å². The summed E-state index contributed by atoms with van der Waals surface area (Å²) in [6.07, 6.45) is 0. The van der Waals surface area contributed by atoms with Gasteiger partial charge in [-0.05, 0) is 17.7 Å². The molecule has 0 spiro atoms. The number of amides is 2. The Morgan fingerprint density at radius 2 is 2.00 bits per heavy atom. The summed E-state index contributed by atoms with van der Waals surface area (Å²) < 4.78 is 12.8. The molecule has 2 rings (SSSR count). The lowest BCUT2D eigenvalue weighted by Gasteiger charge is -2.15. The van der Waals surface area contributed by atoms with Gasteiger partial charge in [0.2, 0.25) is 5.91 Å². The van der Waals surface area contributed by atoms with E-state index in [1.54, 1.807) is 5.38 Å². The minimum atomic E-state index is -1.02. The second-order valence-electron chi connectivity index (χ2n) is 3.73. The first-order valence-electron chi connectivity index (χ1n) is 5.32. The first kappa shape index (κ1) is 13.2. The Kier molecular flexibility index (Phi) is 3.86. The van der Waals surface area contributed by atoms with Crippen molar-refractivity contribution in [2.45, 2.75) is 6.04 Å². The summed E-state index contributed by atoms with van der Waals surface area (Å²) in [4.78, 5) is 27.0. The first-order valence-corrected chi connectivity index (χ1v) is 6.26. The van der Waals surface area contributed by atoms with Crippen molar-refractivity contribution in [2.75, 3.05) is 0 Å². The smallest absolute Gasteiger partial charge is 0.271 e. The van der Waals surface area contributed by atoms with Crippen molar-refractivity contribution in [3.05, 3.63) is 52.2 Å². The number of benzene rings is 1. The van der Waals surface area contributed by atoms with Crippen LogP contribution in [0, 0.1) is 5.82 Å². The average molecular weight is 279 g/mol. The topological polar surface area (TPSA) is 85.1 Å². The van der Waals surface area contributed by atoms with E-state index >= 15 is 0 Å². The molecule has 0 saturated heterocycles. The Hall–Kier alpha value is -2.28. The number of thiazole rings is 1. The van der Waals surface area contributed by atoms with Gasteiger partial charge in [-0.25, -0.2) is 9.37 Å². The van der Waals surface area contributed by atoms with Gasteiger partial charge in [0.25, 0.3) is 5.91 Å². The monoisotopic (exact) mass is 279 g/mol. The number of rotatable bonds is 4. The standard InChI is InChI=1S/C12H10FN3O2S/c13-8-3-1-7(2-4-8)10(11(14)17)16-12(18)9-5-19-6-15-9/h1-6,10H,(H2,14,17)(H,16,18). The fourth-order valence-corrected chi connectivity index (χ4v) is 2.04. The van der Waals surface area contributed by atoms with Crippen LogP contribution in [0.1, 0.15) is 22.1 Å². The van der Waals surface area contributed by atoms with E-state index in [4.69, 9.17) is 5.73 Å². The zero-order chi connectivity index (χ0) is 13.8. The molecule has 1 aromatic carbocycles. The fraction of sp³-hybridized carbons (Fsp3) is 0.0833. The molecule has 1 atom stereocenters. The number of primary amides is 1. The number of nitrogens with one attached hydrogen (secondary N) is 1. The highest BCUT2D eigenvalue weighted by Crippen LogP contribution is 2.14. The molecule has 7 heteroatoms. The highest BCUT2D eigenvalue weighted by molar-refractivity contribution is 7.07. The molecule has 0 radical (unpaired) electrons. The van der Waals surface area contributed by atoms with Crippen LogP contribution in [-0.4, -0.2) is 16.8 Å². The van der Waals surface area contributed by atoms with Crippen molar-refractivity contribution in [3.63, 3.8) is 0 Å². The largest absolute Gasteiger partial charge is 0.368 e. The molecule has 2 amide bonds. The van der Waals surface area contributed by atoms with Gasteiger partial charge in [0.1, 0.15) is 17.6 Å².